The van der Waals surface area contributed by atoms with Crippen LogP contribution in [0.15, 0.2) is 90.0 Å². The van der Waals surface area contributed by atoms with Crippen LogP contribution in [0.1, 0.15) is 32.7 Å². The molecule has 0 saturated carbocycles. The molecular weight excluding hydrogens is 560 g/mol. The van der Waals surface area contributed by atoms with Gasteiger partial charge in [-0.25, -0.2) is 4.98 Å². The highest BCUT2D eigenvalue weighted by molar-refractivity contribution is 7.99. The van der Waals surface area contributed by atoms with Crippen molar-refractivity contribution in [2.45, 2.75) is 24.3 Å². The van der Waals surface area contributed by atoms with Crippen molar-refractivity contribution in [3.05, 3.63) is 102 Å². The topological polar surface area (TPSA) is 84.0 Å². The van der Waals surface area contributed by atoms with Gasteiger partial charge in [-0.2, -0.15) is 0 Å². The number of ether oxygens (including phenoxy) is 2. The minimum atomic E-state index is -0.0723. The summed E-state index contributed by atoms with van der Waals surface area (Å²) in [6, 6.07) is 25.1. The highest BCUT2D eigenvalue weighted by atomic mass is 32.2. The molecule has 1 aliphatic heterocycles. The van der Waals surface area contributed by atoms with Crippen LogP contribution in [-0.4, -0.2) is 72.9 Å². The van der Waals surface area contributed by atoms with Gasteiger partial charge in [-0.3, -0.25) is 9.59 Å². The summed E-state index contributed by atoms with van der Waals surface area (Å²) in [6.45, 7) is 3.21. The number of rotatable bonds is 10. The third kappa shape index (κ3) is 7.48. The third-order valence-corrected chi connectivity index (χ3v) is 8.14. The molecule has 2 amide bonds. The van der Waals surface area contributed by atoms with E-state index < -0.39 is 0 Å². The van der Waals surface area contributed by atoms with Gasteiger partial charge in [0.15, 0.2) is 0 Å². The maximum absolute atomic E-state index is 12.9. The number of amides is 2. The lowest BCUT2D eigenvalue weighted by atomic mass is 10.0. The highest BCUT2D eigenvalue weighted by Gasteiger charge is 2.28. The van der Waals surface area contributed by atoms with Crippen molar-refractivity contribution in [1.29, 1.82) is 0 Å². The molecule has 1 saturated heterocycles. The minimum Gasteiger partial charge on any atom is -0.496 e. The van der Waals surface area contributed by atoms with Gasteiger partial charge in [0.1, 0.15) is 23.4 Å². The predicted octanol–water partition coefficient (Wildman–Crippen LogP) is 6.22. The molecule has 2 heterocycles. The van der Waals surface area contributed by atoms with Gasteiger partial charge in [0.05, 0.1) is 24.4 Å². The first kappa shape index (κ1) is 30.0. The summed E-state index contributed by atoms with van der Waals surface area (Å²) >= 11 is 1.60. The first-order valence-corrected chi connectivity index (χ1v) is 15.1. The van der Waals surface area contributed by atoms with Crippen LogP contribution in [0, 0.1) is 6.92 Å². The molecule has 9 heteroatoms. The van der Waals surface area contributed by atoms with Gasteiger partial charge >= 0.3 is 0 Å². The van der Waals surface area contributed by atoms with E-state index in [0.29, 0.717) is 41.7 Å². The lowest BCUT2D eigenvalue weighted by Crippen LogP contribution is -2.31. The number of benzene rings is 3. The number of hydrogen-bond acceptors (Lipinski definition) is 7. The summed E-state index contributed by atoms with van der Waals surface area (Å²) < 4.78 is 11.8. The van der Waals surface area contributed by atoms with Gasteiger partial charge in [0, 0.05) is 50.5 Å². The quantitative estimate of drug-likeness (QED) is 0.172. The fourth-order valence-corrected chi connectivity index (χ4v) is 5.87. The van der Waals surface area contributed by atoms with Gasteiger partial charge in [-0.1, -0.05) is 35.9 Å². The van der Waals surface area contributed by atoms with Crippen molar-refractivity contribution in [2.75, 3.05) is 45.5 Å². The smallest absolute Gasteiger partial charge is 0.253 e. The largest absolute Gasteiger partial charge is 0.496 e. The van der Waals surface area contributed by atoms with Gasteiger partial charge in [-0.05, 0) is 60.5 Å². The molecule has 0 aliphatic carbocycles. The molecule has 43 heavy (non-hydrogen) atoms. The van der Waals surface area contributed by atoms with E-state index in [1.165, 1.54) is 0 Å². The zero-order valence-corrected chi connectivity index (χ0v) is 25.7. The van der Waals surface area contributed by atoms with Crippen molar-refractivity contribution in [3.63, 3.8) is 0 Å². The molecule has 0 bridgehead atoms. The lowest BCUT2D eigenvalue weighted by molar-refractivity contribution is 0.0771. The van der Waals surface area contributed by atoms with E-state index in [0.717, 1.165) is 33.8 Å². The number of aryl methyl sites for hydroxylation is 1. The molecule has 222 valence electrons. The first-order chi connectivity index (χ1) is 20.8. The molecule has 8 nitrogen and oxygen atoms in total. The second kappa shape index (κ2) is 13.6. The molecular formula is C34H36N4O4S. The minimum absolute atomic E-state index is 0.0335. The average molecular weight is 597 g/mol. The number of carbonyl (C=O) groups is 2. The number of methoxy groups -OCH3 is 1. The summed E-state index contributed by atoms with van der Waals surface area (Å²) in [4.78, 5) is 34.2. The van der Waals surface area contributed by atoms with E-state index in [9.17, 15) is 9.59 Å². The zero-order chi connectivity index (χ0) is 30.3. The number of anilines is 1. The van der Waals surface area contributed by atoms with Gasteiger partial charge < -0.3 is 24.6 Å². The van der Waals surface area contributed by atoms with Crippen molar-refractivity contribution in [3.8, 4) is 22.6 Å². The zero-order valence-electron chi connectivity index (χ0n) is 24.9. The SMILES string of the molecule is COc1ccc(-c2cccc(C(=O)N(C)C)c2)cc1SCNc1cc(OC2CCN(C(=O)c3cccc(C)c3)C2)ccn1. The van der Waals surface area contributed by atoms with Crippen LogP contribution in [0.5, 0.6) is 11.5 Å². The van der Waals surface area contributed by atoms with E-state index in [-0.39, 0.29) is 17.9 Å². The van der Waals surface area contributed by atoms with Crippen molar-refractivity contribution >= 4 is 29.4 Å². The number of aromatic nitrogens is 1. The van der Waals surface area contributed by atoms with Crippen LogP contribution in [0.2, 0.25) is 0 Å². The summed E-state index contributed by atoms with van der Waals surface area (Å²) in [7, 11) is 5.15. The molecule has 1 N–H and O–H groups in total. The fraction of sp³-hybridized carbons (Fsp3) is 0.265. The Morgan fingerprint density at radius 1 is 1.00 bits per heavy atom. The maximum Gasteiger partial charge on any atom is 0.253 e. The summed E-state index contributed by atoms with van der Waals surface area (Å²) in [6.07, 6.45) is 2.42. The highest BCUT2D eigenvalue weighted by Crippen LogP contribution is 2.34. The predicted molar refractivity (Wildman–Crippen MR) is 171 cm³/mol. The Bertz CT molecular complexity index is 1610. The molecule has 3 aromatic carbocycles. The van der Waals surface area contributed by atoms with Crippen LogP contribution < -0.4 is 14.8 Å². The summed E-state index contributed by atoms with van der Waals surface area (Å²) in [5.74, 6) is 2.74. The molecule has 5 rings (SSSR count). The van der Waals surface area contributed by atoms with E-state index in [4.69, 9.17) is 9.47 Å². The number of likely N-dealkylation sites (tertiary alicyclic amines) is 1. The average Bonchev–Trinajstić information content (AvgIpc) is 3.48. The second-order valence-electron chi connectivity index (χ2n) is 10.6. The molecule has 1 aromatic heterocycles. The number of nitrogens with one attached hydrogen (secondary N) is 1. The van der Waals surface area contributed by atoms with Gasteiger partial charge in [-0.15, -0.1) is 11.8 Å². The van der Waals surface area contributed by atoms with Crippen molar-refractivity contribution in [1.82, 2.24) is 14.8 Å². The van der Waals surface area contributed by atoms with Crippen molar-refractivity contribution < 1.29 is 19.1 Å². The molecule has 1 unspecified atom stereocenters. The number of carbonyl (C=O) groups excluding carboxylic acids is 2. The van der Waals surface area contributed by atoms with E-state index in [2.05, 4.69) is 16.4 Å². The Hall–Kier alpha value is -4.50. The van der Waals surface area contributed by atoms with Crippen LogP contribution in [0.4, 0.5) is 5.82 Å². The number of nitrogens with zero attached hydrogens (tertiary/aromatic N) is 3. The Morgan fingerprint density at radius 3 is 2.58 bits per heavy atom. The fourth-order valence-electron chi connectivity index (χ4n) is 4.99. The maximum atomic E-state index is 12.9. The Labute approximate surface area is 257 Å². The van der Waals surface area contributed by atoms with E-state index in [1.807, 2.05) is 84.6 Å². The number of pyridine rings is 1. The first-order valence-electron chi connectivity index (χ1n) is 14.2. The molecule has 0 radical (unpaired) electrons. The van der Waals surface area contributed by atoms with E-state index >= 15 is 0 Å². The van der Waals surface area contributed by atoms with Crippen LogP contribution >= 0.6 is 11.8 Å². The number of hydrogen-bond donors (Lipinski definition) is 1. The van der Waals surface area contributed by atoms with Gasteiger partial charge in [0.2, 0.25) is 0 Å². The summed E-state index contributed by atoms with van der Waals surface area (Å²) in [5.41, 5.74) is 4.38. The molecule has 1 fully saturated rings. The Balaban J connectivity index is 1.19. The third-order valence-electron chi connectivity index (χ3n) is 7.23. The molecule has 4 aromatic rings. The van der Waals surface area contributed by atoms with Crippen LogP contribution in [0.3, 0.4) is 0 Å². The molecule has 1 atom stereocenters. The van der Waals surface area contributed by atoms with Crippen LogP contribution in [0.25, 0.3) is 11.1 Å². The Morgan fingerprint density at radius 2 is 1.79 bits per heavy atom. The monoisotopic (exact) mass is 596 g/mol. The van der Waals surface area contributed by atoms with Gasteiger partial charge in [0.25, 0.3) is 11.8 Å². The van der Waals surface area contributed by atoms with E-state index in [1.54, 1.807) is 44.1 Å². The summed E-state index contributed by atoms with van der Waals surface area (Å²) in [5, 5.41) is 3.36. The Kier molecular flexibility index (Phi) is 9.51. The lowest BCUT2D eigenvalue weighted by Gasteiger charge is -2.18. The number of thioether (sulfide) groups is 1. The standard InChI is InChI=1S/C34H36N4O4S/c1-23-7-5-9-26(17-23)34(40)38-16-14-29(21-38)42-28-13-15-35-32(20-28)36-22-43-31-19-25(11-12-30(31)41-4)24-8-6-10-27(18-24)33(39)37(2)3/h5-13,15,17-20,29H,14,16,21-22H2,1-4H3,(H,35,36). The van der Waals surface area contributed by atoms with Crippen LogP contribution in [-0.2, 0) is 0 Å². The normalized spacial score (nSPS) is 14.3. The second-order valence-corrected chi connectivity index (χ2v) is 11.7. The molecule has 0 spiro atoms. The van der Waals surface area contributed by atoms with Crippen molar-refractivity contribution in [2.24, 2.45) is 0 Å². The molecule has 1 aliphatic rings.